The van der Waals surface area contributed by atoms with E-state index in [4.69, 9.17) is 9.47 Å². The summed E-state index contributed by atoms with van der Waals surface area (Å²) in [6.45, 7) is 0.182. The molecule has 1 heterocycles. The molecule has 0 bridgehead atoms. The van der Waals surface area contributed by atoms with Crippen molar-refractivity contribution in [2.75, 3.05) is 13.7 Å². The van der Waals surface area contributed by atoms with Gasteiger partial charge in [0, 0.05) is 11.5 Å². The molecule has 120 valence electrons. The van der Waals surface area contributed by atoms with Gasteiger partial charge in [0.2, 0.25) is 0 Å². The van der Waals surface area contributed by atoms with Gasteiger partial charge in [0.25, 0.3) is 0 Å². The van der Waals surface area contributed by atoms with Crippen LogP contribution in [0.3, 0.4) is 0 Å². The standard InChI is InChI=1S/C20H17NO3/c1-23-20(22)17-13-24-19(15-10-6-3-7-11-15)16(12-21)18(17)14-8-4-2-5-9-14/h2-11,17-18H,13H2,1H3/t17-,18-/m0/s1. The molecule has 0 aliphatic carbocycles. The van der Waals surface area contributed by atoms with Crippen molar-refractivity contribution in [1.82, 2.24) is 0 Å². The Kier molecular flexibility index (Phi) is 4.62. The van der Waals surface area contributed by atoms with Gasteiger partial charge in [-0.1, -0.05) is 60.7 Å². The van der Waals surface area contributed by atoms with Crippen molar-refractivity contribution in [3.8, 4) is 6.07 Å². The molecule has 24 heavy (non-hydrogen) atoms. The molecule has 0 N–H and O–H groups in total. The SMILES string of the molecule is COC(=O)[C@H]1COC(c2ccccc2)=C(C#N)[C@@H]1c1ccccc1. The van der Waals surface area contributed by atoms with E-state index in [2.05, 4.69) is 6.07 Å². The van der Waals surface area contributed by atoms with Gasteiger partial charge in [-0.05, 0) is 5.56 Å². The van der Waals surface area contributed by atoms with E-state index in [1.54, 1.807) is 0 Å². The number of ether oxygens (including phenoxy) is 2. The first-order valence-corrected chi connectivity index (χ1v) is 7.71. The number of allylic oxidation sites excluding steroid dienone is 1. The molecule has 1 aliphatic rings. The first-order valence-electron chi connectivity index (χ1n) is 7.71. The molecule has 0 saturated heterocycles. The van der Waals surface area contributed by atoms with E-state index in [0.29, 0.717) is 11.3 Å². The molecule has 0 saturated carbocycles. The molecule has 4 heteroatoms. The number of hydrogen-bond donors (Lipinski definition) is 0. The third kappa shape index (κ3) is 2.89. The zero-order valence-corrected chi connectivity index (χ0v) is 13.3. The summed E-state index contributed by atoms with van der Waals surface area (Å²) >= 11 is 0. The van der Waals surface area contributed by atoms with Crippen LogP contribution in [0.2, 0.25) is 0 Å². The largest absolute Gasteiger partial charge is 0.491 e. The van der Waals surface area contributed by atoms with Crippen LogP contribution in [0.25, 0.3) is 5.76 Å². The number of nitriles is 1. The zero-order valence-electron chi connectivity index (χ0n) is 13.3. The lowest BCUT2D eigenvalue weighted by Crippen LogP contribution is -2.33. The Morgan fingerprint density at radius 1 is 1.12 bits per heavy atom. The summed E-state index contributed by atoms with van der Waals surface area (Å²) in [4.78, 5) is 12.2. The van der Waals surface area contributed by atoms with E-state index >= 15 is 0 Å². The van der Waals surface area contributed by atoms with E-state index in [-0.39, 0.29) is 18.5 Å². The molecule has 0 unspecified atom stereocenters. The Morgan fingerprint density at radius 3 is 2.33 bits per heavy atom. The Morgan fingerprint density at radius 2 is 1.75 bits per heavy atom. The van der Waals surface area contributed by atoms with Crippen molar-refractivity contribution < 1.29 is 14.3 Å². The molecule has 0 radical (unpaired) electrons. The van der Waals surface area contributed by atoms with Crippen molar-refractivity contribution in [3.63, 3.8) is 0 Å². The third-order valence-electron chi connectivity index (χ3n) is 4.18. The molecular weight excluding hydrogens is 302 g/mol. The van der Waals surface area contributed by atoms with Crippen molar-refractivity contribution in [2.45, 2.75) is 5.92 Å². The van der Waals surface area contributed by atoms with Crippen molar-refractivity contribution in [3.05, 3.63) is 77.4 Å². The zero-order chi connectivity index (χ0) is 16.9. The molecule has 2 aromatic rings. The smallest absolute Gasteiger partial charge is 0.313 e. The monoisotopic (exact) mass is 319 g/mol. The maximum absolute atomic E-state index is 12.2. The van der Waals surface area contributed by atoms with Gasteiger partial charge < -0.3 is 9.47 Å². The van der Waals surface area contributed by atoms with E-state index in [1.807, 2.05) is 60.7 Å². The molecule has 0 amide bonds. The van der Waals surface area contributed by atoms with Crippen molar-refractivity contribution in [2.24, 2.45) is 5.92 Å². The van der Waals surface area contributed by atoms with Crippen LogP contribution in [0.1, 0.15) is 17.0 Å². The highest BCUT2D eigenvalue weighted by Gasteiger charge is 2.39. The Bertz CT molecular complexity index is 791. The number of hydrogen-bond acceptors (Lipinski definition) is 4. The average molecular weight is 319 g/mol. The Balaban J connectivity index is 2.15. The van der Waals surface area contributed by atoms with Crippen LogP contribution in [0, 0.1) is 17.2 Å². The minimum atomic E-state index is -0.542. The van der Waals surface area contributed by atoms with E-state index in [0.717, 1.165) is 11.1 Å². The van der Waals surface area contributed by atoms with Crippen LogP contribution < -0.4 is 0 Å². The molecule has 3 rings (SSSR count). The van der Waals surface area contributed by atoms with Crippen LogP contribution in [-0.2, 0) is 14.3 Å². The Hall–Kier alpha value is -3.06. The number of esters is 1. The molecule has 2 aromatic carbocycles. The van der Waals surface area contributed by atoms with Crippen LogP contribution in [0.4, 0.5) is 0 Å². The van der Waals surface area contributed by atoms with Crippen LogP contribution in [0.15, 0.2) is 66.2 Å². The highest BCUT2D eigenvalue weighted by molar-refractivity contribution is 5.79. The maximum Gasteiger partial charge on any atom is 0.313 e. The maximum atomic E-state index is 12.2. The first-order chi connectivity index (χ1) is 11.8. The second-order valence-corrected chi connectivity index (χ2v) is 5.55. The summed E-state index contributed by atoms with van der Waals surface area (Å²) in [6.07, 6.45) is 0. The second kappa shape index (κ2) is 7.01. The minimum absolute atomic E-state index is 0.182. The topological polar surface area (TPSA) is 59.3 Å². The average Bonchev–Trinajstić information content (AvgIpc) is 2.67. The lowest BCUT2D eigenvalue weighted by atomic mass is 9.78. The fourth-order valence-electron chi connectivity index (χ4n) is 3.05. The predicted molar refractivity (Wildman–Crippen MR) is 89.6 cm³/mol. The molecule has 2 atom stereocenters. The summed E-state index contributed by atoms with van der Waals surface area (Å²) in [5.41, 5.74) is 2.19. The van der Waals surface area contributed by atoms with Crippen LogP contribution in [0.5, 0.6) is 0 Å². The van der Waals surface area contributed by atoms with Crippen molar-refractivity contribution in [1.29, 1.82) is 5.26 Å². The summed E-state index contributed by atoms with van der Waals surface area (Å²) in [5.74, 6) is -0.761. The summed E-state index contributed by atoms with van der Waals surface area (Å²) in [5, 5.41) is 9.79. The molecule has 0 aromatic heterocycles. The van der Waals surface area contributed by atoms with Gasteiger partial charge in [0.15, 0.2) is 0 Å². The predicted octanol–water partition coefficient (Wildman–Crippen LogP) is 3.52. The van der Waals surface area contributed by atoms with Gasteiger partial charge in [0.05, 0.1) is 18.8 Å². The highest BCUT2D eigenvalue weighted by atomic mass is 16.5. The number of methoxy groups -OCH3 is 1. The summed E-state index contributed by atoms with van der Waals surface area (Å²) < 4.78 is 10.7. The molecule has 1 aliphatic heterocycles. The molecule has 4 nitrogen and oxygen atoms in total. The molecule has 0 fully saturated rings. The fraction of sp³-hybridized carbons (Fsp3) is 0.200. The normalized spacial score (nSPS) is 20.0. The number of benzene rings is 2. The van der Waals surface area contributed by atoms with E-state index in [1.165, 1.54) is 7.11 Å². The number of nitrogens with zero attached hydrogens (tertiary/aromatic N) is 1. The first kappa shape index (κ1) is 15.8. The lowest BCUT2D eigenvalue weighted by Gasteiger charge is -2.31. The van der Waals surface area contributed by atoms with Gasteiger partial charge in [-0.15, -0.1) is 0 Å². The number of carbonyl (C=O) groups excluding carboxylic acids is 1. The second-order valence-electron chi connectivity index (χ2n) is 5.55. The Labute approximate surface area is 140 Å². The van der Waals surface area contributed by atoms with Crippen LogP contribution >= 0.6 is 0 Å². The van der Waals surface area contributed by atoms with Gasteiger partial charge in [-0.2, -0.15) is 5.26 Å². The van der Waals surface area contributed by atoms with Crippen LogP contribution in [-0.4, -0.2) is 19.7 Å². The minimum Gasteiger partial charge on any atom is -0.491 e. The quantitative estimate of drug-likeness (QED) is 0.812. The van der Waals surface area contributed by atoms with Gasteiger partial charge >= 0.3 is 5.97 Å². The van der Waals surface area contributed by atoms with Gasteiger partial charge in [-0.3, -0.25) is 4.79 Å². The van der Waals surface area contributed by atoms with Crippen molar-refractivity contribution >= 4 is 11.7 Å². The van der Waals surface area contributed by atoms with E-state index in [9.17, 15) is 10.1 Å². The number of carbonyl (C=O) groups is 1. The summed E-state index contributed by atoms with van der Waals surface area (Å²) in [7, 11) is 1.35. The molecular formula is C20H17NO3. The van der Waals surface area contributed by atoms with Gasteiger partial charge in [-0.25, -0.2) is 0 Å². The third-order valence-corrected chi connectivity index (χ3v) is 4.18. The van der Waals surface area contributed by atoms with Gasteiger partial charge in [0.1, 0.15) is 18.3 Å². The molecule has 0 spiro atoms. The summed E-state index contributed by atoms with van der Waals surface area (Å²) in [6, 6.07) is 21.3. The fourth-order valence-corrected chi connectivity index (χ4v) is 3.05. The van der Waals surface area contributed by atoms with E-state index < -0.39 is 5.92 Å². The highest BCUT2D eigenvalue weighted by Crippen LogP contribution is 2.41. The lowest BCUT2D eigenvalue weighted by molar-refractivity contribution is -0.147. The number of rotatable bonds is 3.